The molecule has 152 valence electrons. The second-order valence-corrected chi connectivity index (χ2v) is 7.34. The number of benzene rings is 1. The lowest BCUT2D eigenvalue weighted by atomic mass is 10.1. The first-order valence-electron chi connectivity index (χ1n) is 8.82. The van der Waals surface area contributed by atoms with Gasteiger partial charge in [-0.2, -0.15) is 0 Å². The Bertz CT molecular complexity index is 1000. The number of nitrogens with zero attached hydrogens (tertiary/aromatic N) is 2. The maximum absolute atomic E-state index is 12.0. The number of aliphatic hydroxyl groups excluding tert-OH is 1. The molecule has 0 aliphatic carbocycles. The number of hydrogen-bond donors (Lipinski definition) is 2. The van der Waals surface area contributed by atoms with Crippen LogP contribution in [0.2, 0.25) is 10.0 Å². The Morgan fingerprint density at radius 1 is 1.24 bits per heavy atom. The third-order valence-corrected chi connectivity index (χ3v) is 4.73. The van der Waals surface area contributed by atoms with E-state index < -0.39 is 0 Å². The second-order valence-electron chi connectivity index (χ2n) is 6.52. The van der Waals surface area contributed by atoms with Crippen molar-refractivity contribution in [1.82, 2.24) is 15.5 Å². The Morgan fingerprint density at radius 3 is 2.66 bits per heavy atom. The van der Waals surface area contributed by atoms with Crippen LogP contribution in [0.4, 0.5) is 0 Å². The number of carbonyl (C=O) groups is 1. The summed E-state index contributed by atoms with van der Waals surface area (Å²) in [5.74, 6) is 0.387. The molecule has 0 saturated heterocycles. The van der Waals surface area contributed by atoms with Crippen LogP contribution in [-0.2, 0) is 13.2 Å². The predicted octanol–water partition coefficient (Wildman–Crippen LogP) is 4.25. The van der Waals surface area contributed by atoms with Crippen molar-refractivity contribution in [2.75, 3.05) is 0 Å². The van der Waals surface area contributed by atoms with E-state index in [1.54, 1.807) is 30.3 Å². The minimum absolute atomic E-state index is 0.0312. The standard InChI is InChI=1S/C20H19Cl2N3O4/c1-11(2)24-20(27)13-4-6-18(23-8-13)28-10-14-17(9-26)29-25-19(14)12-3-5-15(21)16(22)7-12/h3-8,11,26H,9-10H2,1-2H3,(H,24,27). The van der Waals surface area contributed by atoms with Crippen LogP contribution in [0.1, 0.15) is 35.5 Å². The van der Waals surface area contributed by atoms with Crippen LogP contribution in [0.5, 0.6) is 5.88 Å². The van der Waals surface area contributed by atoms with Crippen LogP contribution in [0.25, 0.3) is 11.3 Å². The number of ether oxygens (including phenoxy) is 1. The molecule has 0 aliphatic heterocycles. The summed E-state index contributed by atoms with van der Waals surface area (Å²) in [6.07, 6.45) is 1.44. The molecule has 29 heavy (non-hydrogen) atoms. The first kappa shape index (κ1) is 21.1. The van der Waals surface area contributed by atoms with Crippen molar-refractivity contribution < 1.29 is 19.2 Å². The van der Waals surface area contributed by atoms with Crippen molar-refractivity contribution in [3.63, 3.8) is 0 Å². The molecule has 0 saturated carbocycles. The number of rotatable bonds is 7. The molecule has 0 unspecified atom stereocenters. The lowest BCUT2D eigenvalue weighted by Gasteiger charge is -2.09. The molecule has 0 aliphatic rings. The molecule has 9 heteroatoms. The highest BCUT2D eigenvalue weighted by Gasteiger charge is 2.19. The highest BCUT2D eigenvalue weighted by molar-refractivity contribution is 6.42. The quantitative estimate of drug-likeness (QED) is 0.575. The molecule has 0 spiro atoms. The van der Waals surface area contributed by atoms with Crippen molar-refractivity contribution >= 4 is 29.1 Å². The highest BCUT2D eigenvalue weighted by Crippen LogP contribution is 2.31. The molecular weight excluding hydrogens is 417 g/mol. The molecule has 0 fully saturated rings. The minimum atomic E-state index is -0.339. The smallest absolute Gasteiger partial charge is 0.253 e. The number of hydrogen-bond acceptors (Lipinski definition) is 6. The maximum atomic E-state index is 12.0. The van der Waals surface area contributed by atoms with E-state index in [1.807, 2.05) is 13.8 Å². The van der Waals surface area contributed by atoms with Gasteiger partial charge in [-0.25, -0.2) is 4.98 Å². The molecule has 7 nitrogen and oxygen atoms in total. The maximum Gasteiger partial charge on any atom is 0.253 e. The Hall–Kier alpha value is -2.61. The summed E-state index contributed by atoms with van der Waals surface area (Å²) in [6, 6.07) is 8.31. The number of pyridine rings is 1. The van der Waals surface area contributed by atoms with Gasteiger partial charge in [0.15, 0.2) is 5.76 Å². The van der Waals surface area contributed by atoms with E-state index in [0.29, 0.717) is 38.3 Å². The van der Waals surface area contributed by atoms with E-state index in [9.17, 15) is 9.90 Å². The number of amides is 1. The summed E-state index contributed by atoms with van der Waals surface area (Å²) < 4.78 is 10.9. The van der Waals surface area contributed by atoms with Crippen molar-refractivity contribution in [2.45, 2.75) is 33.1 Å². The summed E-state index contributed by atoms with van der Waals surface area (Å²) >= 11 is 12.1. The second kappa shape index (κ2) is 9.26. The van der Waals surface area contributed by atoms with Gasteiger partial charge < -0.3 is 19.7 Å². The molecule has 1 aromatic carbocycles. The van der Waals surface area contributed by atoms with E-state index >= 15 is 0 Å². The normalized spacial score (nSPS) is 11.0. The predicted molar refractivity (Wildman–Crippen MR) is 109 cm³/mol. The zero-order valence-corrected chi connectivity index (χ0v) is 17.3. The third kappa shape index (κ3) is 5.06. The molecule has 0 radical (unpaired) electrons. The van der Waals surface area contributed by atoms with Gasteiger partial charge in [-0.1, -0.05) is 34.4 Å². The van der Waals surface area contributed by atoms with Gasteiger partial charge >= 0.3 is 0 Å². The SMILES string of the molecule is CC(C)NC(=O)c1ccc(OCc2c(-c3ccc(Cl)c(Cl)c3)noc2CO)nc1. The fourth-order valence-electron chi connectivity index (χ4n) is 2.58. The van der Waals surface area contributed by atoms with E-state index in [-0.39, 0.29) is 30.9 Å². The Kier molecular flexibility index (Phi) is 6.74. The van der Waals surface area contributed by atoms with Crippen molar-refractivity contribution in [3.8, 4) is 17.1 Å². The minimum Gasteiger partial charge on any atom is -0.473 e. The average Bonchev–Trinajstić information content (AvgIpc) is 3.11. The van der Waals surface area contributed by atoms with Gasteiger partial charge in [-0.15, -0.1) is 0 Å². The Balaban J connectivity index is 1.77. The lowest BCUT2D eigenvalue weighted by Crippen LogP contribution is -2.30. The zero-order valence-electron chi connectivity index (χ0n) is 15.8. The first-order chi connectivity index (χ1) is 13.9. The molecule has 3 rings (SSSR count). The summed E-state index contributed by atoms with van der Waals surface area (Å²) in [5.41, 5.74) is 2.16. The molecule has 2 heterocycles. The number of halogens is 2. The van der Waals surface area contributed by atoms with E-state index in [4.69, 9.17) is 32.5 Å². The van der Waals surface area contributed by atoms with E-state index in [1.165, 1.54) is 6.20 Å². The number of aromatic nitrogens is 2. The van der Waals surface area contributed by atoms with Gasteiger partial charge in [0.1, 0.15) is 18.9 Å². The number of aliphatic hydroxyl groups is 1. The molecule has 3 aromatic rings. The van der Waals surface area contributed by atoms with Crippen LogP contribution in [-0.4, -0.2) is 27.2 Å². The molecule has 1 amide bonds. The summed E-state index contributed by atoms with van der Waals surface area (Å²) in [6.45, 7) is 3.48. The van der Waals surface area contributed by atoms with Gasteiger partial charge in [0.2, 0.25) is 5.88 Å². The monoisotopic (exact) mass is 435 g/mol. The third-order valence-electron chi connectivity index (χ3n) is 3.99. The highest BCUT2D eigenvalue weighted by atomic mass is 35.5. The summed E-state index contributed by atoms with van der Waals surface area (Å²) in [5, 5.41) is 17.2. The van der Waals surface area contributed by atoms with E-state index in [0.717, 1.165) is 0 Å². The van der Waals surface area contributed by atoms with Gasteiger partial charge in [0.25, 0.3) is 5.91 Å². The van der Waals surface area contributed by atoms with Crippen LogP contribution < -0.4 is 10.1 Å². The number of nitrogens with one attached hydrogen (secondary N) is 1. The van der Waals surface area contributed by atoms with Crippen LogP contribution >= 0.6 is 23.2 Å². The number of carbonyl (C=O) groups excluding carboxylic acids is 1. The first-order valence-corrected chi connectivity index (χ1v) is 9.58. The van der Waals surface area contributed by atoms with Crippen molar-refractivity contribution in [3.05, 3.63) is 63.5 Å². The van der Waals surface area contributed by atoms with Gasteiger partial charge in [0, 0.05) is 23.9 Å². The largest absolute Gasteiger partial charge is 0.473 e. The van der Waals surface area contributed by atoms with Crippen molar-refractivity contribution in [1.29, 1.82) is 0 Å². The zero-order chi connectivity index (χ0) is 21.0. The topological polar surface area (TPSA) is 97.5 Å². The summed E-state index contributed by atoms with van der Waals surface area (Å²) in [4.78, 5) is 16.1. The average molecular weight is 436 g/mol. The lowest BCUT2D eigenvalue weighted by molar-refractivity contribution is 0.0942. The fourth-order valence-corrected chi connectivity index (χ4v) is 2.88. The van der Waals surface area contributed by atoms with Crippen LogP contribution in [0.15, 0.2) is 41.1 Å². The van der Waals surface area contributed by atoms with Gasteiger partial charge in [-0.3, -0.25) is 4.79 Å². The fraction of sp³-hybridized carbons (Fsp3) is 0.250. The Labute approximate surface area is 177 Å². The molecule has 0 atom stereocenters. The molecule has 2 aromatic heterocycles. The van der Waals surface area contributed by atoms with Gasteiger partial charge in [-0.05, 0) is 32.0 Å². The molecule has 2 N–H and O–H groups in total. The summed E-state index contributed by atoms with van der Waals surface area (Å²) in [7, 11) is 0. The van der Waals surface area contributed by atoms with E-state index in [2.05, 4.69) is 15.5 Å². The molecular formula is C20H19Cl2N3O4. The molecule has 0 bridgehead atoms. The van der Waals surface area contributed by atoms with Crippen molar-refractivity contribution in [2.24, 2.45) is 0 Å². The van der Waals surface area contributed by atoms with Crippen LogP contribution in [0, 0.1) is 0 Å². The van der Waals surface area contributed by atoms with Crippen LogP contribution in [0.3, 0.4) is 0 Å². The Morgan fingerprint density at radius 2 is 2.03 bits per heavy atom. The van der Waals surface area contributed by atoms with Gasteiger partial charge in [0.05, 0.1) is 21.2 Å².